The molecule has 3 aromatic rings. The second-order valence-electron chi connectivity index (χ2n) is 9.00. The van der Waals surface area contributed by atoms with Gasteiger partial charge in [-0.05, 0) is 13.0 Å². The molecular formula is C23H21F5N4O4. The van der Waals surface area contributed by atoms with E-state index in [0.29, 0.717) is 10.1 Å². The number of halogens is 5. The normalized spacial score (nSPS) is 21.9. The maximum atomic E-state index is 14.1. The lowest BCUT2D eigenvalue weighted by atomic mass is 9.96. The fraction of sp³-hybridized carbons (Fsp3) is 0.435. The van der Waals surface area contributed by atoms with Crippen LogP contribution in [-0.4, -0.2) is 40.3 Å². The highest BCUT2D eigenvalue weighted by molar-refractivity contribution is 5.90. The number of ether oxygens (including phenoxy) is 2. The summed E-state index contributed by atoms with van der Waals surface area (Å²) in [6.07, 6.45) is -4.31. The summed E-state index contributed by atoms with van der Waals surface area (Å²) in [6.45, 7) is -0.112. The SMILES string of the molecule is CC(Nc1nn(C)c(=O)c2cc(=O)n([C@@]3(C(F)(F)F)CCOC3)cc12)c1cccc2c1OCC2(F)F. The Morgan fingerprint density at radius 3 is 2.58 bits per heavy atom. The molecule has 2 atom stereocenters. The summed E-state index contributed by atoms with van der Waals surface area (Å²) in [7, 11) is 1.33. The van der Waals surface area contributed by atoms with E-state index in [9.17, 15) is 31.5 Å². The van der Waals surface area contributed by atoms with E-state index >= 15 is 0 Å². The van der Waals surface area contributed by atoms with Gasteiger partial charge in [0.05, 0.1) is 23.6 Å². The number of pyridine rings is 1. The second-order valence-corrected chi connectivity index (χ2v) is 9.00. The molecule has 0 bridgehead atoms. The quantitative estimate of drug-likeness (QED) is 0.540. The molecule has 36 heavy (non-hydrogen) atoms. The summed E-state index contributed by atoms with van der Waals surface area (Å²) >= 11 is 0. The molecule has 2 aliphatic rings. The van der Waals surface area contributed by atoms with Gasteiger partial charge in [-0.15, -0.1) is 0 Å². The van der Waals surface area contributed by atoms with Gasteiger partial charge in [-0.3, -0.25) is 14.2 Å². The standard InChI is InChI=1S/C23H21F5N4O4/c1-12(13-4-3-5-16-18(13)36-11-22(16,24)25)29-19-15-9-32(21(23(26,27)28)6-7-35-10-21)17(33)8-14(15)20(34)31(2)30-19/h3-5,8-9,12H,6-7,10-11H2,1-2H3,(H,29,30)/t12?,21-/m0/s1. The lowest BCUT2D eigenvalue weighted by Crippen LogP contribution is -2.52. The molecule has 13 heteroatoms. The lowest BCUT2D eigenvalue weighted by Gasteiger charge is -2.32. The molecule has 0 aliphatic carbocycles. The minimum atomic E-state index is -4.80. The van der Waals surface area contributed by atoms with E-state index in [1.807, 2.05) is 0 Å². The monoisotopic (exact) mass is 512 g/mol. The van der Waals surface area contributed by atoms with Crippen molar-refractivity contribution >= 4 is 16.6 Å². The second kappa shape index (κ2) is 8.02. The van der Waals surface area contributed by atoms with E-state index < -0.39 is 54.4 Å². The molecule has 1 N–H and O–H groups in total. The van der Waals surface area contributed by atoms with E-state index in [-0.39, 0.29) is 34.5 Å². The third kappa shape index (κ3) is 3.55. The average Bonchev–Trinajstić information content (AvgIpc) is 3.42. The molecule has 0 saturated carbocycles. The van der Waals surface area contributed by atoms with Crippen LogP contribution in [0.1, 0.15) is 30.5 Å². The van der Waals surface area contributed by atoms with Crippen molar-refractivity contribution in [3.05, 3.63) is 62.3 Å². The fourth-order valence-electron chi connectivity index (χ4n) is 4.74. The molecule has 4 heterocycles. The highest BCUT2D eigenvalue weighted by Crippen LogP contribution is 2.45. The van der Waals surface area contributed by atoms with Gasteiger partial charge in [0.15, 0.2) is 18.0 Å². The first-order valence-electron chi connectivity index (χ1n) is 11.0. The first-order valence-corrected chi connectivity index (χ1v) is 11.0. The van der Waals surface area contributed by atoms with Crippen molar-refractivity contribution in [1.29, 1.82) is 0 Å². The molecule has 8 nitrogen and oxygen atoms in total. The molecule has 1 aromatic carbocycles. The van der Waals surface area contributed by atoms with Crippen molar-refractivity contribution < 1.29 is 31.4 Å². The Labute approximate surface area is 200 Å². The van der Waals surface area contributed by atoms with Gasteiger partial charge in [0.1, 0.15) is 5.75 Å². The largest absolute Gasteiger partial charge is 0.486 e. The predicted molar refractivity (Wildman–Crippen MR) is 119 cm³/mol. The van der Waals surface area contributed by atoms with Crippen LogP contribution in [0.3, 0.4) is 0 Å². The van der Waals surface area contributed by atoms with Crippen molar-refractivity contribution in [2.45, 2.75) is 37.0 Å². The molecular weight excluding hydrogens is 491 g/mol. The summed E-state index contributed by atoms with van der Waals surface area (Å²) in [4.78, 5) is 25.5. The van der Waals surface area contributed by atoms with Gasteiger partial charge >= 0.3 is 12.1 Å². The molecule has 1 saturated heterocycles. The summed E-state index contributed by atoms with van der Waals surface area (Å²) < 4.78 is 82.4. The Morgan fingerprint density at radius 1 is 1.17 bits per heavy atom. The number of rotatable bonds is 4. The number of fused-ring (bicyclic) bond motifs is 2. The Hall–Kier alpha value is -3.48. The van der Waals surface area contributed by atoms with Crippen molar-refractivity contribution in [3.8, 4) is 5.75 Å². The number of hydrogen-bond acceptors (Lipinski definition) is 6. The zero-order chi connectivity index (χ0) is 26.0. The van der Waals surface area contributed by atoms with Gasteiger partial charge in [-0.2, -0.15) is 27.1 Å². The molecule has 0 spiro atoms. The van der Waals surface area contributed by atoms with Crippen molar-refractivity contribution in [1.82, 2.24) is 14.3 Å². The first kappa shape index (κ1) is 24.2. The minimum Gasteiger partial charge on any atom is -0.486 e. The molecule has 0 amide bonds. The lowest BCUT2D eigenvalue weighted by molar-refractivity contribution is -0.214. The zero-order valence-electron chi connectivity index (χ0n) is 19.2. The molecule has 1 fully saturated rings. The van der Waals surface area contributed by atoms with Crippen LogP contribution in [0.15, 0.2) is 40.1 Å². The van der Waals surface area contributed by atoms with Crippen molar-refractivity contribution in [2.75, 3.05) is 25.1 Å². The van der Waals surface area contributed by atoms with E-state index in [1.54, 1.807) is 13.0 Å². The molecule has 2 aliphatic heterocycles. The van der Waals surface area contributed by atoms with Crippen molar-refractivity contribution in [2.24, 2.45) is 7.05 Å². The van der Waals surface area contributed by atoms with Crippen LogP contribution in [0.2, 0.25) is 0 Å². The summed E-state index contributed by atoms with van der Waals surface area (Å²) in [5, 5.41) is 6.97. The van der Waals surface area contributed by atoms with Crippen LogP contribution in [0.4, 0.5) is 27.8 Å². The van der Waals surface area contributed by atoms with Crippen LogP contribution in [0, 0.1) is 0 Å². The van der Waals surface area contributed by atoms with Gasteiger partial charge in [0.2, 0.25) is 0 Å². The van der Waals surface area contributed by atoms with Crippen molar-refractivity contribution in [3.63, 3.8) is 0 Å². The highest BCUT2D eigenvalue weighted by atomic mass is 19.4. The van der Waals surface area contributed by atoms with Crippen LogP contribution < -0.4 is 21.2 Å². The Balaban J connectivity index is 1.65. The van der Waals surface area contributed by atoms with Crippen LogP contribution >= 0.6 is 0 Å². The summed E-state index contributed by atoms with van der Waals surface area (Å²) in [6, 6.07) is 4.44. The molecule has 1 unspecified atom stereocenters. The molecule has 2 aromatic heterocycles. The Kier molecular flexibility index (Phi) is 5.39. The van der Waals surface area contributed by atoms with E-state index in [0.717, 1.165) is 16.9 Å². The molecule has 192 valence electrons. The van der Waals surface area contributed by atoms with E-state index in [2.05, 4.69) is 10.4 Å². The number of para-hydroxylation sites is 1. The Morgan fingerprint density at radius 2 is 1.92 bits per heavy atom. The smallest absolute Gasteiger partial charge is 0.414 e. The van der Waals surface area contributed by atoms with Crippen LogP contribution in [0.5, 0.6) is 5.75 Å². The first-order chi connectivity index (χ1) is 16.9. The number of benzene rings is 1. The Bertz CT molecular complexity index is 1470. The maximum absolute atomic E-state index is 14.1. The average molecular weight is 512 g/mol. The van der Waals surface area contributed by atoms with Gasteiger partial charge in [-0.1, -0.05) is 12.1 Å². The van der Waals surface area contributed by atoms with Gasteiger partial charge in [-0.25, -0.2) is 4.68 Å². The molecule has 5 rings (SSSR count). The van der Waals surface area contributed by atoms with Gasteiger partial charge in [0.25, 0.3) is 11.1 Å². The third-order valence-electron chi connectivity index (χ3n) is 6.73. The number of hydrogen-bond donors (Lipinski definition) is 1. The highest BCUT2D eigenvalue weighted by Gasteiger charge is 2.59. The number of alkyl halides is 5. The maximum Gasteiger partial charge on any atom is 0.414 e. The van der Waals surface area contributed by atoms with E-state index in [4.69, 9.17) is 9.47 Å². The number of aryl methyl sites for hydroxylation is 1. The number of aromatic nitrogens is 3. The number of anilines is 1. The molecule has 0 radical (unpaired) electrons. The summed E-state index contributed by atoms with van der Waals surface area (Å²) in [5.41, 5.74) is -4.18. The van der Waals surface area contributed by atoms with Gasteiger partial charge < -0.3 is 14.8 Å². The van der Waals surface area contributed by atoms with Crippen LogP contribution in [0.25, 0.3) is 10.8 Å². The minimum absolute atomic E-state index is 0.00710. The number of nitrogens with one attached hydrogen (secondary N) is 1. The number of nitrogens with zero attached hydrogens (tertiary/aromatic N) is 3. The van der Waals surface area contributed by atoms with Gasteiger partial charge in [0, 0.05) is 43.3 Å². The van der Waals surface area contributed by atoms with Crippen LogP contribution in [-0.2, 0) is 23.2 Å². The fourth-order valence-corrected chi connectivity index (χ4v) is 4.74. The van der Waals surface area contributed by atoms with E-state index in [1.165, 1.54) is 19.2 Å². The summed E-state index contributed by atoms with van der Waals surface area (Å²) in [5.74, 6) is -3.16. The topological polar surface area (TPSA) is 87.4 Å². The third-order valence-corrected chi connectivity index (χ3v) is 6.73. The predicted octanol–water partition coefficient (Wildman–Crippen LogP) is 3.43. The zero-order valence-corrected chi connectivity index (χ0v) is 19.2.